The number of aromatic carboxylic acids is 1. The fraction of sp³-hybridized carbons (Fsp3) is 0.161. The van der Waals surface area contributed by atoms with E-state index in [1.807, 2.05) is 66.2 Å². The highest BCUT2D eigenvalue weighted by Crippen LogP contribution is 2.29. The number of anilines is 3. The van der Waals surface area contributed by atoms with Crippen molar-refractivity contribution in [1.29, 1.82) is 0 Å². The molecule has 0 atom stereocenters. The van der Waals surface area contributed by atoms with Gasteiger partial charge in [0, 0.05) is 41.1 Å². The summed E-state index contributed by atoms with van der Waals surface area (Å²) in [7, 11) is 0. The van der Waals surface area contributed by atoms with Gasteiger partial charge in [-0.05, 0) is 65.9 Å². The molecule has 196 valence electrons. The predicted molar refractivity (Wildman–Crippen MR) is 153 cm³/mol. The number of carbonyl (C=O) groups is 2. The maximum Gasteiger partial charge on any atom is 0.335 e. The van der Waals surface area contributed by atoms with Crippen LogP contribution in [0, 0.1) is 6.92 Å². The third-order valence-corrected chi connectivity index (χ3v) is 6.56. The molecule has 0 bridgehead atoms. The average Bonchev–Trinajstić information content (AvgIpc) is 3.39. The second-order valence-corrected chi connectivity index (χ2v) is 10.5. The lowest BCUT2D eigenvalue weighted by molar-refractivity contribution is 0.0696. The van der Waals surface area contributed by atoms with Gasteiger partial charge in [-0.1, -0.05) is 45.0 Å². The first-order chi connectivity index (χ1) is 18.6. The zero-order valence-corrected chi connectivity index (χ0v) is 22.2. The van der Waals surface area contributed by atoms with Crippen LogP contribution in [0.2, 0.25) is 0 Å². The Hall–Kier alpha value is -4.98. The maximum atomic E-state index is 13.1. The molecule has 5 rings (SSSR count). The van der Waals surface area contributed by atoms with E-state index in [0.717, 1.165) is 11.1 Å². The standard InChI is InChI=1S/C31H29N5O3/c1-19-5-6-22(17-25(19)35-29(37)20-7-11-23(12-8-20)31(2,3)4)26-18-36-16-15-32-28(36)27(34-26)33-24-13-9-21(10-14-24)30(38)39/h5-18H,1-4H3,(H,33,34)(H,35,37)(H,38,39). The number of aryl methyl sites for hydroxylation is 1. The Morgan fingerprint density at radius 2 is 1.62 bits per heavy atom. The first kappa shape index (κ1) is 25.7. The molecule has 0 unspecified atom stereocenters. The van der Waals surface area contributed by atoms with Gasteiger partial charge in [-0.25, -0.2) is 14.8 Å². The highest BCUT2D eigenvalue weighted by Gasteiger charge is 2.16. The fourth-order valence-corrected chi connectivity index (χ4v) is 4.22. The van der Waals surface area contributed by atoms with Crippen LogP contribution in [0.3, 0.4) is 0 Å². The van der Waals surface area contributed by atoms with Crippen molar-refractivity contribution in [2.45, 2.75) is 33.1 Å². The molecule has 3 aromatic carbocycles. The van der Waals surface area contributed by atoms with Gasteiger partial charge in [0.2, 0.25) is 0 Å². The van der Waals surface area contributed by atoms with E-state index in [1.54, 1.807) is 18.3 Å². The lowest BCUT2D eigenvalue weighted by Gasteiger charge is -2.19. The molecular weight excluding hydrogens is 490 g/mol. The van der Waals surface area contributed by atoms with Crippen molar-refractivity contribution in [3.63, 3.8) is 0 Å². The number of nitrogens with zero attached hydrogens (tertiary/aromatic N) is 3. The largest absolute Gasteiger partial charge is 0.478 e. The summed E-state index contributed by atoms with van der Waals surface area (Å²) in [4.78, 5) is 33.5. The molecule has 0 aliphatic heterocycles. The molecule has 1 amide bonds. The SMILES string of the molecule is Cc1ccc(-c2cn3ccnc3c(Nc3ccc(C(=O)O)cc3)n2)cc1NC(=O)c1ccc(C(C)(C)C)cc1. The number of amides is 1. The summed E-state index contributed by atoms with van der Waals surface area (Å²) in [6.07, 6.45) is 5.39. The summed E-state index contributed by atoms with van der Waals surface area (Å²) in [6.45, 7) is 8.37. The van der Waals surface area contributed by atoms with Gasteiger partial charge in [-0.3, -0.25) is 4.79 Å². The van der Waals surface area contributed by atoms with Crippen LogP contribution in [0.25, 0.3) is 16.9 Å². The summed E-state index contributed by atoms with van der Waals surface area (Å²) in [5, 5.41) is 15.5. The number of rotatable bonds is 6. The van der Waals surface area contributed by atoms with E-state index < -0.39 is 5.97 Å². The molecule has 0 spiro atoms. The van der Waals surface area contributed by atoms with Gasteiger partial charge < -0.3 is 20.1 Å². The minimum atomic E-state index is -0.985. The normalized spacial score (nSPS) is 11.4. The third-order valence-electron chi connectivity index (χ3n) is 6.56. The summed E-state index contributed by atoms with van der Waals surface area (Å²) < 4.78 is 1.87. The maximum absolute atomic E-state index is 13.1. The van der Waals surface area contributed by atoms with E-state index >= 15 is 0 Å². The van der Waals surface area contributed by atoms with Crippen LogP contribution in [-0.4, -0.2) is 31.4 Å². The van der Waals surface area contributed by atoms with Gasteiger partial charge in [0.05, 0.1) is 11.3 Å². The first-order valence-corrected chi connectivity index (χ1v) is 12.6. The average molecular weight is 520 g/mol. The van der Waals surface area contributed by atoms with Gasteiger partial charge in [-0.15, -0.1) is 0 Å². The number of hydrogen-bond acceptors (Lipinski definition) is 5. The van der Waals surface area contributed by atoms with Crippen molar-refractivity contribution in [2.75, 3.05) is 10.6 Å². The topological polar surface area (TPSA) is 109 Å². The third kappa shape index (κ3) is 5.50. The fourth-order valence-electron chi connectivity index (χ4n) is 4.22. The molecule has 2 aromatic heterocycles. The number of fused-ring (bicyclic) bond motifs is 1. The van der Waals surface area contributed by atoms with Crippen LogP contribution in [0.15, 0.2) is 85.3 Å². The Morgan fingerprint density at radius 1 is 0.923 bits per heavy atom. The Morgan fingerprint density at radius 3 is 2.28 bits per heavy atom. The quantitative estimate of drug-likeness (QED) is 0.230. The van der Waals surface area contributed by atoms with Crippen molar-refractivity contribution in [1.82, 2.24) is 14.4 Å². The van der Waals surface area contributed by atoms with Crippen LogP contribution in [0.1, 0.15) is 52.6 Å². The van der Waals surface area contributed by atoms with Gasteiger partial charge in [0.25, 0.3) is 5.91 Å². The second-order valence-electron chi connectivity index (χ2n) is 10.5. The second kappa shape index (κ2) is 10.1. The molecule has 39 heavy (non-hydrogen) atoms. The van der Waals surface area contributed by atoms with E-state index in [4.69, 9.17) is 4.98 Å². The molecule has 2 heterocycles. The van der Waals surface area contributed by atoms with E-state index in [-0.39, 0.29) is 16.9 Å². The van der Waals surface area contributed by atoms with Crippen LogP contribution in [-0.2, 0) is 5.41 Å². The van der Waals surface area contributed by atoms with E-state index in [1.165, 1.54) is 17.7 Å². The Bertz CT molecular complexity index is 1680. The molecular formula is C31H29N5O3. The van der Waals surface area contributed by atoms with Crippen molar-refractivity contribution in [3.05, 3.63) is 108 Å². The number of hydrogen-bond donors (Lipinski definition) is 3. The Kier molecular flexibility index (Phi) is 6.62. The number of carboxylic acids is 1. The lowest BCUT2D eigenvalue weighted by atomic mass is 9.86. The van der Waals surface area contributed by atoms with Gasteiger partial charge in [0.15, 0.2) is 11.5 Å². The highest BCUT2D eigenvalue weighted by molar-refractivity contribution is 6.05. The molecule has 0 aliphatic carbocycles. The molecule has 0 radical (unpaired) electrons. The van der Waals surface area contributed by atoms with E-state index in [2.05, 4.69) is 36.4 Å². The van der Waals surface area contributed by atoms with Crippen molar-refractivity contribution in [3.8, 4) is 11.3 Å². The highest BCUT2D eigenvalue weighted by atomic mass is 16.4. The summed E-state index contributed by atoms with van der Waals surface area (Å²) in [5.74, 6) is -0.645. The zero-order chi connectivity index (χ0) is 27.7. The number of aromatic nitrogens is 3. The molecule has 0 aliphatic rings. The van der Waals surface area contributed by atoms with Crippen LogP contribution in [0.4, 0.5) is 17.2 Å². The van der Waals surface area contributed by atoms with Crippen LogP contribution in [0.5, 0.6) is 0 Å². The minimum absolute atomic E-state index is 0.0128. The summed E-state index contributed by atoms with van der Waals surface area (Å²) in [5.41, 5.74) is 6.40. The molecule has 3 N–H and O–H groups in total. The number of carboxylic acid groups (broad SMARTS) is 1. The number of imidazole rings is 1. The van der Waals surface area contributed by atoms with E-state index in [0.29, 0.717) is 34.1 Å². The number of nitrogens with one attached hydrogen (secondary N) is 2. The monoisotopic (exact) mass is 519 g/mol. The van der Waals surface area contributed by atoms with Crippen molar-refractivity contribution < 1.29 is 14.7 Å². The number of carbonyl (C=O) groups excluding carboxylic acids is 1. The van der Waals surface area contributed by atoms with Crippen LogP contribution < -0.4 is 10.6 Å². The van der Waals surface area contributed by atoms with Crippen molar-refractivity contribution in [2.24, 2.45) is 0 Å². The molecule has 0 saturated heterocycles. The predicted octanol–water partition coefficient (Wildman–Crippen LogP) is 6.70. The Balaban J connectivity index is 1.44. The van der Waals surface area contributed by atoms with E-state index in [9.17, 15) is 14.7 Å². The smallest absolute Gasteiger partial charge is 0.335 e. The lowest BCUT2D eigenvalue weighted by Crippen LogP contribution is -2.15. The zero-order valence-electron chi connectivity index (χ0n) is 22.2. The molecule has 8 heteroatoms. The first-order valence-electron chi connectivity index (χ1n) is 12.6. The molecule has 5 aromatic rings. The number of benzene rings is 3. The van der Waals surface area contributed by atoms with Gasteiger partial charge >= 0.3 is 5.97 Å². The molecule has 8 nitrogen and oxygen atoms in total. The van der Waals surface area contributed by atoms with Gasteiger partial charge in [0.1, 0.15) is 0 Å². The molecule has 0 saturated carbocycles. The van der Waals surface area contributed by atoms with Crippen LogP contribution >= 0.6 is 0 Å². The van der Waals surface area contributed by atoms with Crippen molar-refractivity contribution >= 4 is 34.7 Å². The Labute approximate surface area is 226 Å². The minimum Gasteiger partial charge on any atom is -0.478 e. The summed E-state index contributed by atoms with van der Waals surface area (Å²) in [6, 6.07) is 19.9. The molecule has 0 fully saturated rings. The van der Waals surface area contributed by atoms with Gasteiger partial charge in [-0.2, -0.15) is 0 Å². The summed E-state index contributed by atoms with van der Waals surface area (Å²) >= 11 is 0.